The lowest BCUT2D eigenvalue weighted by Crippen LogP contribution is -2.28. The highest BCUT2D eigenvalue weighted by molar-refractivity contribution is 7.89. The number of benzene rings is 2. The van der Waals surface area contributed by atoms with Gasteiger partial charge in [0.05, 0.1) is 18.1 Å². The Bertz CT molecular complexity index is 1050. The summed E-state index contributed by atoms with van der Waals surface area (Å²) in [5.74, 6) is 1.26. The van der Waals surface area contributed by atoms with Crippen molar-refractivity contribution >= 4 is 21.6 Å². The number of ether oxygens (including phenoxy) is 2. The molecule has 1 aliphatic heterocycles. The Balaban J connectivity index is 1.81. The quantitative estimate of drug-likeness (QED) is 0.633. The average Bonchev–Trinajstić information content (AvgIpc) is 3.17. The van der Waals surface area contributed by atoms with Crippen LogP contribution in [0.15, 0.2) is 41.3 Å². The van der Waals surface area contributed by atoms with Crippen molar-refractivity contribution in [3.63, 3.8) is 0 Å². The first kappa shape index (κ1) is 23.1. The van der Waals surface area contributed by atoms with Crippen molar-refractivity contribution in [1.82, 2.24) is 4.72 Å². The maximum atomic E-state index is 13.0. The molecule has 168 valence electrons. The third-order valence-electron chi connectivity index (χ3n) is 5.26. The van der Waals surface area contributed by atoms with Gasteiger partial charge in [-0.05, 0) is 68.7 Å². The average molecular weight is 447 g/mol. The van der Waals surface area contributed by atoms with E-state index in [1.807, 2.05) is 26.8 Å². The fourth-order valence-corrected chi connectivity index (χ4v) is 4.98. The summed E-state index contributed by atoms with van der Waals surface area (Å²) < 4.78 is 40.0. The molecule has 3 rings (SSSR count). The smallest absolute Gasteiger partial charge is 0.241 e. The van der Waals surface area contributed by atoms with E-state index in [1.165, 1.54) is 0 Å². The Morgan fingerprint density at radius 3 is 2.45 bits per heavy atom. The van der Waals surface area contributed by atoms with Gasteiger partial charge in [-0.3, -0.25) is 4.79 Å². The van der Waals surface area contributed by atoms with Gasteiger partial charge in [-0.15, -0.1) is 0 Å². The number of amides is 1. The molecule has 8 heteroatoms. The van der Waals surface area contributed by atoms with Gasteiger partial charge in [0.25, 0.3) is 0 Å². The summed E-state index contributed by atoms with van der Waals surface area (Å²) in [6.45, 7) is 8.98. The molecule has 0 aliphatic carbocycles. The molecular formula is C23H30N2O5S. The molecule has 1 amide bonds. The zero-order valence-electron chi connectivity index (χ0n) is 18.5. The van der Waals surface area contributed by atoms with Gasteiger partial charge < -0.3 is 14.4 Å². The number of nitrogens with one attached hydrogen (secondary N) is 1. The largest absolute Gasteiger partial charge is 0.490 e. The summed E-state index contributed by atoms with van der Waals surface area (Å²) in [5, 5.41) is 0. The number of anilines is 1. The topological polar surface area (TPSA) is 84.9 Å². The first-order valence-electron chi connectivity index (χ1n) is 10.7. The number of rotatable bonds is 9. The van der Waals surface area contributed by atoms with Crippen LogP contribution in [0.25, 0.3) is 0 Å². The zero-order valence-corrected chi connectivity index (χ0v) is 19.3. The van der Waals surface area contributed by atoms with Crippen LogP contribution in [-0.4, -0.2) is 34.1 Å². The van der Waals surface area contributed by atoms with E-state index in [9.17, 15) is 13.2 Å². The van der Waals surface area contributed by atoms with Crippen LogP contribution >= 0.6 is 0 Å². The van der Waals surface area contributed by atoms with E-state index >= 15 is 0 Å². The lowest BCUT2D eigenvalue weighted by Gasteiger charge is -2.19. The number of hydrogen-bond donors (Lipinski definition) is 1. The van der Waals surface area contributed by atoms with Gasteiger partial charge >= 0.3 is 0 Å². The summed E-state index contributed by atoms with van der Waals surface area (Å²) in [6.07, 6.45) is 1.07. The van der Waals surface area contributed by atoms with Gasteiger partial charge in [-0.25, -0.2) is 13.1 Å². The van der Waals surface area contributed by atoms with E-state index in [0.29, 0.717) is 44.1 Å². The first-order chi connectivity index (χ1) is 14.8. The van der Waals surface area contributed by atoms with Gasteiger partial charge in [0.2, 0.25) is 15.9 Å². The van der Waals surface area contributed by atoms with E-state index in [2.05, 4.69) is 4.72 Å². The van der Waals surface area contributed by atoms with Crippen molar-refractivity contribution in [2.45, 2.75) is 51.5 Å². The van der Waals surface area contributed by atoms with E-state index < -0.39 is 16.1 Å². The fourth-order valence-electron chi connectivity index (χ4n) is 3.70. The lowest BCUT2D eigenvalue weighted by molar-refractivity contribution is -0.118. The van der Waals surface area contributed by atoms with Crippen LogP contribution in [0.3, 0.4) is 0 Å². The summed E-state index contributed by atoms with van der Waals surface area (Å²) in [7, 11) is -3.74. The van der Waals surface area contributed by atoms with Gasteiger partial charge in [-0.2, -0.15) is 0 Å². The predicted molar refractivity (Wildman–Crippen MR) is 120 cm³/mol. The standard InChI is InChI=1S/C23H30N2O5S/c1-5-23(26)25-13-12-18-14-19(9-10-20(18)25)31(27,28)24-16(4)17-8-11-21(29-6-2)22(15-17)30-7-3/h8-11,14-16,24H,5-7,12-13H2,1-4H3/t16-/m0/s1. The number of fused-ring (bicyclic) bond motifs is 1. The van der Waals surface area contributed by atoms with E-state index in [4.69, 9.17) is 9.47 Å². The first-order valence-corrected chi connectivity index (χ1v) is 12.1. The Kier molecular flexibility index (Phi) is 7.23. The van der Waals surface area contributed by atoms with E-state index in [0.717, 1.165) is 16.8 Å². The van der Waals surface area contributed by atoms with Crippen LogP contribution in [0.4, 0.5) is 5.69 Å². The van der Waals surface area contributed by atoms with Crippen molar-refractivity contribution < 1.29 is 22.7 Å². The molecule has 0 saturated heterocycles. The molecule has 7 nitrogen and oxygen atoms in total. The highest BCUT2D eigenvalue weighted by atomic mass is 32.2. The maximum absolute atomic E-state index is 13.0. The summed E-state index contributed by atoms with van der Waals surface area (Å²) in [5.41, 5.74) is 2.44. The SMILES string of the molecule is CCOc1ccc([C@H](C)NS(=O)(=O)c2ccc3c(c2)CCN3C(=O)CC)cc1OCC. The highest BCUT2D eigenvalue weighted by Gasteiger charge is 2.26. The van der Waals surface area contributed by atoms with Gasteiger partial charge in [-0.1, -0.05) is 13.0 Å². The number of carbonyl (C=O) groups excluding carboxylic acids is 1. The van der Waals surface area contributed by atoms with Gasteiger partial charge in [0.15, 0.2) is 11.5 Å². The normalized spacial score (nSPS) is 14.3. The van der Waals surface area contributed by atoms with Crippen molar-refractivity contribution in [1.29, 1.82) is 0 Å². The molecule has 0 unspecified atom stereocenters. The zero-order chi connectivity index (χ0) is 22.6. The summed E-state index contributed by atoms with van der Waals surface area (Å²) >= 11 is 0. The van der Waals surface area contributed by atoms with Crippen molar-refractivity contribution in [2.24, 2.45) is 0 Å². The molecule has 1 aliphatic rings. The minimum atomic E-state index is -3.74. The monoisotopic (exact) mass is 446 g/mol. The van der Waals surface area contributed by atoms with E-state index in [1.54, 1.807) is 42.2 Å². The Morgan fingerprint density at radius 2 is 1.77 bits per heavy atom. The Hall–Kier alpha value is -2.58. The molecular weight excluding hydrogens is 416 g/mol. The van der Waals surface area contributed by atoms with Gasteiger partial charge in [0.1, 0.15) is 0 Å². The number of carbonyl (C=O) groups is 1. The van der Waals surface area contributed by atoms with Crippen LogP contribution in [0.5, 0.6) is 11.5 Å². The molecule has 2 aromatic rings. The number of nitrogens with zero attached hydrogens (tertiary/aromatic N) is 1. The minimum absolute atomic E-state index is 0.0432. The molecule has 0 aromatic heterocycles. The van der Waals surface area contributed by atoms with Crippen LogP contribution in [-0.2, 0) is 21.2 Å². The predicted octanol–water partition coefficient (Wildman–Crippen LogP) is 3.82. The van der Waals surface area contributed by atoms with Gasteiger partial charge in [0, 0.05) is 24.7 Å². The molecule has 0 saturated carbocycles. The van der Waals surface area contributed by atoms with Crippen molar-refractivity contribution in [3.8, 4) is 11.5 Å². The summed E-state index contributed by atoms with van der Waals surface area (Å²) in [6, 6.07) is 9.90. The second-order valence-electron chi connectivity index (χ2n) is 7.35. The molecule has 0 spiro atoms. The fraction of sp³-hybridized carbons (Fsp3) is 0.435. The Morgan fingerprint density at radius 1 is 1.06 bits per heavy atom. The summed E-state index contributed by atoms with van der Waals surface area (Å²) in [4.78, 5) is 14.0. The molecule has 0 radical (unpaired) electrons. The van der Waals surface area contributed by atoms with Crippen molar-refractivity contribution in [3.05, 3.63) is 47.5 Å². The third kappa shape index (κ3) is 5.02. The van der Waals surface area contributed by atoms with Crippen molar-refractivity contribution in [2.75, 3.05) is 24.7 Å². The van der Waals surface area contributed by atoms with Crippen LogP contribution in [0, 0.1) is 0 Å². The molecule has 1 N–H and O–H groups in total. The van der Waals surface area contributed by atoms with Crippen LogP contribution in [0.1, 0.15) is 51.3 Å². The molecule has 1 heterocycles. The minimum Gasteiger partial charge on any atom is -0.490 e. The molecule has 2 aromatic carbocycles. The van der Waals surface area contributed by atoms with Crippen LogP contribution in [0.2, 0.25) is 0 Å². The molecule has 0 bridgehead atoms. The third-order valence-corrected chi connectivity index (χ3v) is 6.80. The number of hydrogen-bond acceptors (Lipinski definition) is 5. The lowest BCUT2D eigenvalue weighted by atomic mass is 10.1. The molecule has 31 heavy (non-hydrogen) atoms. The molecule has 1 atom stereocenters. The second-order valence-corrected chi connectivity index (χ2v) is 9.07. The van der Waals surface area contributed by atoms with E-state index in [-0.39, 0.29) is 10.8 Å². The van der Waals surface area contributed by atoms with Crippen LogP contribution < -0.4 is 19.1 Å². The number of sulfonamides is 1. The Labute approximate surface area is 184 Å². The second kappa shape index (κ2) is 9.70. The maximum Gasteiger partial charge on any atom is 0.241 e. The highest BCUT2D eigenvalue weighted by Crippen LogP contribution is 2.33. The molecule has 0 fully saturated rings.